The van der Waals surface area contributed by atoms with E-state index in [2.05, 4.69) is 0 Å². The molecule has 2 aromatic rings. The Bertz CT molecular complexity index is 550. The molecule has 1 N–H and O–H groups in total. The number of hydrogen-bond acceptors (Lipinski definition) is 2. The zero-order chi connectivity index (χ0) is 13.2. The van der Waals surface area contributed by atoms with Gasteiger partial charge in [-0.05, 0) is 30.7 Å². The summed E-state index contributed by atoms with van der Waals surface area (Å²) in [5.74, 6) is 0.203. The van der Waals surface area contributed by atoms with E-state index >= 15 is 0 Å². The van der Waals surface area contributed by atoms with Gasteiger partial charge in [0.15, 0.2) is 0 Å². The second-order valence-electron chi connectivity index (χ2n) is 4.28. The Balaban J connectivity index is 2.54. The number of benzene rings is 2. The van der Waals surface area contributed by atoms with Gasteiger partial charge < -0.3 is 9.84 Å². The molecule has 0 saturated heterocycles. The molecule has 0 aliphatic carbocycles. The summed E-state index contributed by atoms with van der Waals surface area (Å²) in [4.78, 5) is 0. The van der Waals surface area contributed by atoms with Gasteiger partial charge in [0.05, 0.1) is 7.11 Å². The summed E-state index contributed by atoms with van der Waals surface area (Å²) in [5, 5.41) is 10.6. The lowest BCUT2D eigenvalue weighted by atomic mass is 9.87. The first kappa shape index (κ1) is 12.6. The number of methoxy groups -OCH3 is 1. The van der Waals surface area contributed by atoms with Crippen LogP contribution in [0.1, 0.15) is 18.1 Å². The van der Waals surface area contributed by atoms with Crippen molar-refractivity contribution in [3.63, 3.8) is 0 Å². The lowest BCUT2D eigenvalue weighted by Gasteiger charge is -2.26. The van der Waals surface area contributed by atoms with Crippen molar-refractivity contribution in [3.05, 3.63) is 65.5 Å². The van der Waals surface area contributed by atoms with Gasteiger partial charge in [-0.15, -0.1) is 0 Å². The maximum Gasteiger partial charge on any atom is 0.125 e. The molecule has 0 aliphatic heterocycles. The molecule has 94 valence electrons. The Morgan fingerprint density at radius 3 is 2.50 bits per heavy atom. The molecule has 0 aromatic heterocycles. The Labute approximate surface area is 106 Å². The summed E-state index contributed by atoms with van der Waals surface area (Å²) in [6, 6.07) is 13.1. The topological polar surface area (TPSA) is 29.5 Å². The van der Waals surface area contributed by atoms with Crippen molar-refractivity contribution in [2.45, 2.75) is 12.5 Å². The largest absolute Gasteiger partial charge is 0.496 e. The molecule has 1 unspecified atom stereocenters. The van der Waals surface area contributed by atoms with Crippen LogP contribution in [0.25, 0.3) is 0 Å². The van der Waals surface area contributed by atoms with E-state index in [1.807, 2.05) is 12.1 Å². The Kier molecular flexibility index (Phi) is 3.34. The third kappa shape index (κ3) is 2.22. The van der Waals surface area contributed by atoms with E-state index in [-0.39, 0.29) is 5.82 Å². The van der Waals surface area contributed by atoms with Gasteiger partial charge in [-0.25, -0.2) is 4.39 Å². The van der Waals surface area contributed by atoms with Gasteiger partial charge in [-0.1, -0.05) is 30.3 Å². The monoisotopic (exact) mass is 246 g/mol. The predicted molar refractivity (Wildman–Crippen MR) is 68.1 cm³/mol. The van der Waals surface area contributed by atoms with Crippen LogP contribution < -0.4 is 4.74 Å². The van der Waals surface area contributed by atoms with Gasteiger partial charge in [-0.2, -0.15) is 0 Å². The van der Waals surface area contributed by atoms with Crippen LogP contribution in [0.15, 0.2) is 48.5 Å². The van der Waals surface area contributed by atoms with E-state index in [1.54, 1.807) is 38.3 Å². The van der Waals surface area contributed by atoms with E-state index in [9.17, 15) is 9.50 Å². The fourth-order valence-electron chi connectivity index (χ4n) is 1.99. The molecule has 0 bridgehead atoms. The van der Waals surface area contributed by atoms with Crippen LogP contribution in [0.2, 0.25) is 0 Å². The third-order valence-electron chi connectivity index (χ3n) is 3.02. The highest BCUT2D eigenvalue weighted by atomic mass is 19.1. The van der Waals surface area contributed by atoms with Gasteiger partial charge in [0.1, 0.15) is 17.2 Å². The number of rotatable bonds is 3. The number of halogens is 1. The van der Waals surface area contributed by atoms with Gasteiger partial charge >= 0.3 is 0 Å². The summed E-state index contributed by atoms with van der Waals surface area (Å²) >= 11 is 0. The minimum atomic E-state index is -1.30. The minimum absolute atomic E-state index is 0.373. The SMILES string of the molecule is COc1ccccc1C(C)(O)c1cccc(F)c1. The van der Waals surface area contributed by atoms with E-state index in [0.717, 1.165) is 0 Å². The predicted octanol–water partition coefficient (Wildman–Crippen LogP) is 3.09. The molecule has 0 heterocycles. The number of para-hydroxylation sites is 1. The van der Waals surface area contributed by atoms with Gasteiger partial charge in [0, 0.05) is 5.56 Å². The highest BCUT2D eigenvalue weighted by molar-refractivity contribution is 5.44. The van der Waals surface area contributed by atoms with Crippen molar-refractivity contribution in [1.29, 1.82) is 0 Å². The lowest BCUT2D eigenvalue weighted by molar-refractivity contribution is 0.0986. The fourth-order valence-corrected chi connectivity index (χ4v) is 1.99. The van der Waals surface area contributed by atoms with Gasteiger partial charge in [-0.3, -0.25) is 0 Å². The van der Waals surface area contributed by atoms with E-state index in [1.165, 1.54) is 12.1 Å². The minimum Gasteiger partial charge on any atom is -0.496 e. The highest BCUT2D eigenvalue weighted by Crippen LogP contribution is 2.35. The van der Waals surface area contributed by atoms with Crippen LogP contribution in [0, 0.1) is 5.82 Å². The van der Waals surface area contributed by atoms with E-state index in [4.69, 9.17) is 4.74 Å². The molecule has 2 aromatic carbocycles. The fraction of sp³-hybridized carbons (Fsp3) is 0.200. The Morgan fingerprint density at radius 2 is 1.83 bits per heavy atom. The molecule has 3 heteroatoms. The first-order chi connectivity index (χ1) is 8.55. The highest BCUT2D eigenvalue weighted by Gasteiger charge is 2.28. The van der Waals surface area contributed by atoms with E-state index in [0.29, 0.717) is 16.9 Å². The normalized spacial score (nSPS) is 14.0. The summed E-state index contributed by atoms with van der Waals surface area (Å²) in [6.45, 7) is 1.62. The van der Waals surface area contributed by atoms with Crippen LogP contribution >= 0.6 is 0 Å². The first-order valence-corrected chi connectivity index (χ1v) is 5.67. The molecule has 0 amide bonds. The average molecular weight is 246 g/mol. The molecule has 2 rings (SSSR count). The molecule has 0 fully saturated rings. The van der Waals surface area contributed by atoms with Crippen molar-refractivity contribution in [2.75, 3.05) is 7.11 Å². The first-order valence-electron chi connectivity index (χ1n) is 5.67. The Morgan fingerprint density at radius 1 is 1.11 bits per heavy atom. The summed E-state index contributed by atoms with van der Waals surface area (Å²) in [6.07, 6.45) is 0. The van der Waals surface area contributed by atoms with Crippen LogP contribution in [-0.2, 0) is 5.60 Å². The van der Waals surface area contributed by atoms with Crippen molar-refractivity contribution in [1.82, 2.24) is 0 Å². The zero-order valence-electron chi connectivity index (χ0n) is 10.4. The smallest absolute Gasteiger partial charge is 0.125 e. The van der Waals surface area contributed by atoms with Crippen molar-refractivity contribution in [3.8, 4) is 5.75 Å². The quantitative estimate of drug-likeness (QED) is 0.901. The summed E-state index contributed by atoms with van der Waals surface area (Å²) < 4.78 is 18.5. The maximum absolute atomic E-state index is 13.3. The van der Waals surface area contributed by atoms with Gasteiger partial charge in [0.25, 0.3) is 0 Å². The number of ether oxygens (including phenoxy) is 1. The van der Waals surface area contributed by atoms with Crippen LogP contribution in [-0.4, -0.2) is 12.2 Å². The molecular formula is C15H15FO2. The lowest BCUT2D eigenvalue weighted by Crippen LogP contribution is -2.23. The molecule has 0 spiro atoms. The molecule has 0 aliphatic rings. The molecule has 0 saturated carbocycles. The van der Waals surface area contributed by atoms with E-state index < -0.39 is 5.60 Å². The number of hydrogen-bond donors (Lipinski definition) is 1. The number of aliphatic hydroxyl groups is 1. The maximum atomic E-state index is 13.3. The van der Waals surface area contributed by atoms with Gasteiger partial charge in [0.2, 0.25) is 0 Å². The van der Waals surface area contributed by atoms with Crippen LogP contribution in [0.4, 0.5) is 4.39 Å². The second kappa shape index (κ2) is 4.78. The van der Waals surface area contributed by atoms with Crippen molar-refractivity contribution >= 4 is 0 Å². The van der Waals surface area contributed by atoms with Crippen molar-refractivity contribution in [2.24, 2.45) is 0 Å². The molecule has 0 radical (unpaired) electrons. The summed E-state index contributed by atoms with van der Waals surface area (Å²) in [7, 11) is 1.54. The zero-order valence-corrected chi connectivity index (χ0v) is 10.4. The third-order valence-corrected chi connectivity index (χ3v) is 3.02. The standard InChI is InChI=1S/C15H15FO2/c1-15(17,11-6-5-7-12(16)10-11)13-8-3-4-9-14(13)18-2/h3-10,17H,1-2H3. The second-order valence-corrected chi connectivity index (χ2v) is 4.28. The summed E-state index contributed by atoms with van der Waals surface area (Å²) in [5.41, 5.74) is -0.195. The molecular weight excluding hydrogens is 231 g/mol. The Hall–Kier alpha value is -1.87. The van der Waals surface area contributed by atoms with Crippen LogP contribution in [0.5, 0.6) is 5.75 Å². The average Bonchev–Trinajstić information content (AvgIpc) is 2.38. The molecule has 1 atom stereocenters. The molecule has 2 nitrogen and oxygen atoms in total. The molecule has 18 heavy (non-hydrogen) atoms. The van der Waals surface area contributed by atoms with Crippen molar-refractivity contribution < 1.29 is 14.2 Å². The van der Waals surface area contributed by atoms with Crippen LogP contribution in [0.3, 0.4) is 0 Å².